The zero-order valence-electron chi connectivity index (χ0n) is 16.1. The van der Waals surface area contributed by atoms with Gasteiger partial charge in [0.25, 0.3) is 5.91 Å². The summed E-state index contributed by atoms with van der Waals surface area (Å²) in [4.78, 5) is 12.5. The molecule has 0 atom stereocenters. The normalized spacial score (nSPS) is 19.0. The first kappa shape index (κ1) is 22.0. The maximum atomic E-state index is 12.9. The van der Waals surface area contributed by atoms with E-state index in [1.165, 1.54) is 0 Å². The summed E-state index contributed by atoms with van der Waals surface area (Å²) in [7, 11) is 0. The Balaban J connectivity index is 1.51. The lowest BCUT2D eigenvalue weighted by Crippen LogP contribution is -2.38. The monoisotopic (exact) mass is 435 g/mol. The Morgan fingerprint density at radius 2 is 1.87 bits per heavy atom. The maximum Gasteiger partial charge on any atom is 0.416 e. The molecule has 1 saturated carbocycles. The lowest BCUT2D eigenvalue weighted by atomic mass is 9.86. The molecule has 2 aromatic rings. The van der Waals surface area contributed by atoms with Gasteiger partial charge >= 0.3 is 6.18 Å². The van der Waals surface area contributed by atoms with Gasteiger partial charge in [0.15, 0.2) is 0 Å². The molecule has 0 heterocycles. The molecule has 0 spiro atoms. The highest BCUT2D eigenvalue weighted by Gasteiger charge is 2.32. The molecule has 4 nitrogen and oxygen atoms in total. The van der Waals surface area contributed by atoms with E-state index >= 15 is 0 Å². The second-order valence-corrected chi connectivity index (χ2v) is 7.86. The van der Waals surface area contributed by atoms with Gasteiger partial charge in [0.05, 0.1) is 27.8 Å². The summed E-state index contributed by atoms with van der Waals surface area (Å²) in [6.07, 6.45) is -1.28. The van der Waals surface area contributed by atoms with E-state index in [0.717, 1.165) is 56.1 Å². The molecule has 0 saturated heterocycles. The average molecular weight is 436 g/mol. The molecule has 0 bridgehead atoms. The van der Waals surface area contributed by atoms with Crippen LogP contribution >= 0.6 is 11.6 Å². The molecule has 1 aliphatic rings. The van der Waals surface area contributed by atoms with Crippen LogP contribution in [0.2, 0.25) is 5.02 Å². The van der Waals surface area contributed by atoms with Gasteiger partial charge in [0, 0.05) is 18.3 Å². The first-order valence-electron chi connectivity index (χ1n) is 9.68. The third kappa shape index (κ3) is 5.67. The van der Waals surface area contributed by atoms with Crippen LogP contribution in [0.25, 0.3) is 0 Å². The summed E-state index contributed by atoms with van der Waals surface area (Å²) in [6, 6.07) is 12.0. The van der Waals surface area contributed by atoms with Crippen LogP contribution in [-0.4, -0.2) is 18.5 Å². The van der Waals surface area contributed by atoms with Crippen molar-refractivity contribution in [1.82, 2.24) is 5.32 Å². The third-order valence-corrected chi connectivity index (χ3v) is 5.64. The molecule has 30 heavy (non-hydrogen) atoms. The van der Waals surface area contributed by atoms with E-state index in [1.807, 2.05) is 12.1 Å². The number of hydrogen-bond acceptors (Lipinski definition) is 3. The van der Waals surface area contributed by atoms with Crippen LogP contribution in [0.1, 0.15) is 47.2 Å². The van der Waals surface area contributed by atoms with E-state index < -0.39 is 17.6 Å². The van der Waals surface area contributed by atoms with Crippen molar-refractivity contribution in [2.24, 2.45) is 5.92 Å². The molecule has 2 N–H and O–H groups in total. The topological polar surface area (TPSA) is 64.9 Å². The van der Waals surface area contributed by atoms with Crippen LogP contribution in [0, 0.1) is 17.2 Å². The van der Waals surface area contributed by atoms with Crippen LogP contribution in [0.4, 0.5) is 18.9 Å². The Bertz CT molecular complexity index is 947. The lowest BCUT2D eigenvalue weighted by molar-refractivity contribution is -0.137. The Morgan fingerprint density at radius 3 is 2.53 bits per heavy atom. The minimum Gasteiger partial charge on any atom is -0.385 e. The minimum atomic E-state index is -4.53. The van der Waals surface area contributed by atoms with Gasteiger partial charge in [0.2, 0.25) is 0 Å². The zero-order valence-corrected chi connectivity index (χ0v) is 16.9. The number of hydrogen-bond donors (Lipinski definition) is 2. The number of nitriles is 1. The van der Waals surface area contributed by atoms with Gasteiger partial charge in [0.1, 0.15) is 0 Å². The Kier molecular flexibility index (Phi) is 6.88. The maximum absolute atomic E-state index is 12.9. The van der Waals surface area contributed by atoms with Crippen molar-refractivity contribution in [3.05, 3.63) is 64.2 Å². The number of carbonyl (C=O) groups is 1. The molecular weight excluding hydrogens is 415 g/mol. The van der Waals surface area contributed by atoms with E-state index in [4.69, 9.17) is 16.9 Å². The Labute approximate surface area is 178 Å². The first-order chi connectivity index (χ1) is 14.3. The number of alkyl halides is 3. The van der Waals surface area contributed by atoms with Gasteiger partial charge in [-0.05, 0) is 68.0 Å². The number of rotatable bonds is 5. The lowest BCUT2D eigenvalue weighted by Gasteiger charge is -2.29. The van der Waals surface area contributed by atoms with Gasteiger partial charge in [-0.2, -0.15) is 18.4 Å². The van der Waals surface area contributed by atoms with Gasteiger partial charge < -0.3 is 10.6 Å². The predicted octanol–water partition coefficient (Wildman–Crippen LogP) is 5.63. The number of anilines is 1. The summed E-state index contributed by atoms with van der Waals surface area (Å²) in [5.41, 5.74) is 0.434. The highest BCUT2D eigenvalue weighted by molar-refractivity contribution is 6.33. The summed E-state index contributed by atoms with van der Waals surface area (Å²) >= 11 is 5.95. The predicted molar refractivity (Wildman–Crippen MR) is 109 cm³/mol. The first-order valence-corrected chi connectivity index (χ1v) is 10.1. The van der Waals surface area contributed by atoms with Crippen molar-refractivity contribution in [2.75, 3.05) is 11.9 Å². The van der Waals surface area contributed by atoms with Crippen molar-refractivity contribution < 1.29 is 18.0 Å². The molecule has 8 heteroatoms. The van der Waals surface area contributed by atoms with E-state index in [0.29, 0.717) is 11.5 Å². The molecule has 0 unspecified atom stereocenters. The second-order valence-electron chi connectivity index (χ2n) is 7.46. The molecule has 0 aliphatic heterocycles. The summed E-state index contributed by atoms with van der Waals surface area (Å²) in [5.74, 6) is -0.165. The summed E-state index contributed by atoms with van der Waals surface area (Å²) in [6.45, 7) is 0.759. The summed E-state index contributed by atoms with van der Waals surface area (Å²) < 4.78 is 38.7. The summed E-state index contributed by atoms with van der Waals surface area (Å²) in [5, 5.41) is 15.1. The van der Waals surface area contributed by atoms with Crippen LogP contribution in [0.3, 0.4) is 0 Å². The van der Waals surface area contributed by atoms with Crippen LogP contribution in [-0.2, 0) is 6.18 Å². The average Bonchev–Trinajstić information content (AvgIpc) is 2.73. The molecule has 1 aliphatic carbocycles. The van der Waals surface area contributed by atoms with Gasteiger partial charge in [-0.3, -0.25) is 4.79 Å². The molecule has 1 amide bonds. The molecule has 0 aromatic heterocycles. The zero-order chi connectivity index (χ0) is 21.7. The van der Waals surface area contributed by atoms with Crippen molar-refractivity contribution in [2.45, 2.75) is 37.9 Å². The van der Waals surface area contributed by atoms with E-state index in [9.17, 15) is 18.0 Å². The standard InChI is InChI=1S/C22H21ClF3N3O/c23-20-9-6-16(22(24,25)26)11-19(20)21(30)29-17-7-4-14(5-8-17)13-28-18-3-1-2-15(10-18)12-27/h1-3,6,9-11,14,17,28H,4-5,7-8,13H2,(H,29,30)/t14-,17-. The Morgan fingerprint density at radius 1 is 1.13 bits per heavy atom. The highest BCUT2D eigenvalue weighted by Crippen LogP contribution is 2.32. The molecule has 0 radical (unpaired) electrons. The third-order valence-electron chi connectivity index (χ3n) is 5.31. The van der Waals surface area contributed by atoms with Crippen molar-refractivity contribution >= 4 is 23.2 Å². The molecule has 1 fully saturated rings. The molecule has 3 rings (SSSR count). The van der Waals surface area contributed by atoms with Crippen molar-refractivity contribution in [1.29, 1.82) is 5.26 Å². The van der Waals surface area contributed by atoms with Gasteiger partial charge in [-0.1, -0.05) is 17.7 Å². The van der Waals surface area contributed by atoms with Crippen LogP contribution < -0.4 is 10.6 Å². The minimum absolute atomic E-state index is 0.00187. The van der Waals surface area contributed by atoms with E-state index in [1.54, 1.807) is 12.1 Å². The fourth-order valence-electron chi connectivity index (χ4n) is 3.61. The van der Waals surface area contributed by atoms with Crippen molar-refractivity contribution in [3.8, 4) is 6.07 Å². The largest absolute Gasteiger partial charge is 0.416 e. The van der Waals surface area contributed by atoms with Gasteiger partial charge in [-0.15, -0.1) is 0 Å². The fourth-order valence-corrected chi connectivity index (χ4v) is 3.81. The van der Waals surface area contributed by atoms with Crippen LogP contribution in [0.5, 0.6) is 0 Å². The van der Waals surface area contributed by atoms with Gasteiger partial charge in [-0.25, -0.2) is 0 Å². The van der Waals surface area contributed by atoms with Crippen LogP contribution in [0.15, 0.2) is 42.5 Å². The molecule has 158 valence electrons. The SMILES string of the molecule is N#Cc1cccc(NC[C@H]2CC[C@H](NC(=O)c3cc(C(F)(F)F)ccc3Cl)CC2)c1. The highest BCUT2D eigenvalue weighted by atomic mass is 35.5. The van der Waals surface area contributed by atoms with E-state index in [-0.39, 0.29) is 16.6 Å². The van der Waals surface area contributed by atoms with E-state index in [2.05, 4.69) is 16.7 Å². The molecule has 2 aromatic carbocycles. The number of nitrogens with zero attached hydrogens (tertiary/aromatic N) is 1. The second kappa shape index (κ2) is 9.40. The number of carbonyl (C=O) groups excluding carboxylic acids is 1. The number of amides is 1. The number of halogens is 4. The fraction of sp³-hybridized carbons (Fsp3) is 0.364. The smallest absolute Gasteiger partial charge is 0.385 e. The Hall–Kier alpha value is -2.72. The van der Waals surface area contributed by atoms with Crippen molar-refractivity contribution in [3.63, 3.8) is 0 Å². The molecular formula is C22H21ClF3N3O. The quantitative estimate of drug-likeness (QED) is 0.639. The number of benzene rings is 2. The number of nitrogens with one attached hydrogen (secondary N) is 2.